The Morgan fingerprint density at radius 2 is 1.81 bits per heavy atom. The molecular weight excluding hydrogens is 466 g/mol. The van der Waals surface area contributed by atoms with Crippen LogP contribution in [-0.4, -0.2) is 69.9 Å². The molecule has 0 spiro atoms. The van der Waals surface area contributed by atoms with Crippen LogP contribution in [0.1, 0.15) is 43.8 Å². The van der Waals surface area contributed by atoms with Crippen molar-refractivity contribution in [2.45, 2.75) is 44.4 Å². The van der Waals surface area contributed by atoms with Crippen molar-refractivity contribution in [3.63, 3.8) is 0 Å². The fraction of sp³-hybridized carbons (Fsp3) is 0.500. The van der Waals surface area contributed by atoms with Gasteiger partial charge in [0.25, 0.3) is 5.56 Å². The second kappa shape index (κ2) is 10.6. The fourth-order valence-electron chi connectivity index (χ4n) is 6.04. The van der Waals surface area contributed by atoms with Gasteiger partial charge in [-0.2, -0.15) is 0 Å². The van der Waals surface area contributed by atoms with Crippen LogP contribution in [0.5, 0.6) is 0 Å². The van der Waals surface area contributed by atoms with Crippen molar-refractivity contribution in [1.29, 1.82) is 0 Å². The summed E-state index contributed by atoms with van der Waals surface area (Å²) in [6.07, 6.45) is 9.82. The second-order valence-corrected chi connectivity index (χ2v) is 10.2. The van der Waals surface area contributed by atoms with Crippen LogP contribution in [0.2, 0.25) is 0 Å². The summed E-state index contributed by atoms with van der Waals surface area (Å²) in [5.74, 6) is 0.639. The number of para-hydroxylation sites is 1. The van der Waals surface area contributed by atoms with Crippen LogP contribution in [0.15, 0.2) is 53.7 Å². The minimum atomic E-state index is -0.108. The first-order valence-corrected chi connectivity index (χ1v) is 13.5. The highest BCUT2D eigenvalue weighted by Gasteiger charge is 2.33. The SMILES string of the molecule is Cn1c(N2CCOC(c3ccccc3N3CCCCC3N3CCCC3)C2)nc(-c2ccncn2)cc1=O. The van der Waals surface area contributed by atoms with E-state index in [-0.39, 0.29) is 11.7 Å². The summed E-state index contributed by atoms with van der Waals surface area (Å²) in [6.45, 7) is 5.34. The van der Waals surface area contributed by atoms with E-state index in [9.17, 15) is 4.79 Å². The summed E-state index contributed by atoms with van der Waals surface area (Å²) in [6, 6.07) is 12.0. The summed E-state index contributed by atoms with van der Waals surface area (Å²) < 4.78 is 7.99. The number of morpholine rings is 1. The number of aromatic nitrogens is 4. The maximum absolute atomic E-state index is 12.9. The molecule has 6 rings (SSSR count). The maximum atomic E-state index is 12.9. The largest absolute Gasteiger partial charge is 0.370 e. The number of hydrogen-bond acceptors (Lipinski definition) is 8. The van der Waals surface area contributed by atoms with Crippen molar-refractivity contribution in [1.82, 2.24) is 24.4 Å². The third kappa shape index (κ3) is 4.85. The minimum absolute atomic E-state index is 0.106. The number of likely N-dealkylation sites (tertiary alicyclic amines) is 1. The van der Waals surface area contributed by atoms with E-state index in [1.54, 1.807) is 23.9 Å². The molecule has 9 heteroatoms. The Hall–Kier alpha value is -3.30. The fourth-order valence-corrected chi connectivity index (χ4v) is 6.04. The molecule has 3 aromatic rings. The molecule has 194 valence electrons. The summed E-state index contributed by atoms with van der Waals surface area (Å²) >= 11 is 0. The maximum Gasteiger partial charge on any atom is 0.255 e. The van der Waals surface area contributed by atoms with Gasteiger partial charge in [-0.1, -0.05) is 18.2 Å². The van der Waals surface area contributed by atoms with Crippen LogP contribution in [0.4, 0.5) is 11.6 Å². The second-order valence-electron chi connectivity index (χ2n) is 10.2. The Labute approximate surface area is 217 Å². The molecular formula is C28H35N7O2. The van der Waals surface area contributed by atoms with Crippen LogP contribution in [0, 0.1) is 0 Å². The summed E-state index contributed by atoms with van der Waals surface area (Å²) in [7, 11) is 1.78. The molecule has 1 aromatic carbocycles. The molecule has 9 nitrogen and oxygen atoms in total. The molecule has 0 aliphatic carbocycles. The van der Waals surface area contributed by atoms with Gasteiger partial charge >= 0.3 is 0 Å². The van der Waals surface area contributed by atoms with Crippen molar-refractivity contribution in [3.8, 4) is 11.4 Å². The Morgan fingerprint density at radius 3 is 2.65 bits per heavy atom. The normalized spacial score (nSPS) is 22.9. The Kier molecular flexibility index (Phi) is 6.89. The number of rotatable bonds is 5. The van der Waals surface area contributed by atoms with Gasteiger partial charge in [-0.3, -0.25) is 14.3 Å². The Morgan fingerprint density at radius 1 is 0.973 bits per heavy atom. The molecule has 0 bridgehead atoms. The quantitative estimate of drug-likeness (QED) is 0.527. The third-order valence-electron chi connectivity index (χ3n) is 7.93. The smallest absolute Gasteiger partial charge is 0.255 e. The number of benzene rings is 1. The van der Waals surface area contributed by atoms with Crippen LogP contribution < -0.4 is 15.4 Å². The molecule has 0 amide bonds. The van der Waals surface area contributed by atoms with Gasteiger partial charge in [0.1, 0.15) is 12.4 Å². The summed E-state index contributed by atoms with van der Waals surface area (Å²) in [5.41, 5.74) is 3.59. The number of anilines is 2. The minimum Gasteiger partial charge on any atom is -0.370 e. The molecule has 0 radical (unpaired) electrons. The van der Waals surface area contributed by atoms with Gasteiger partial charge in [0.15, 0.2) is 0 Å². The lowest BCUT2D eigenvalue weighted by molar-refractivity contribution is 0.0390. The number of hydrogen-bond donors (Lipinski definition) is 0. The van der Waals surface area contributed by atoms with Gasteiger partial charge in [0.05, 0.1) is 30.7 Å². The molecule has 3 aliphatic heterocycles. The van der Waals surface area contributed by atoms with E-state index in [1.807, 2.05) is 0 Å². The van der Waals surface area contributed by atoms with E-state index >= 15 is 0 Å². The molecule has 5 heterocycles. The van der Waals surface area contributed by atoms with Crippen LogP contribution >= 0.6 is 0 Å². The standard InChI is InChI=1S/C28H35N7O2/c1-32-27(36)18-23(22-11-12-29-20-30-22)31-28(32)34-16-17-37-25(19-34)21-8-2-3-9-24(21)35-15-5-4-10-26(35)33-13-6-7-14-33/h2-3,8-9,11-12,18,20,25-26H,4-7,10,13-17,19H2,1H3. The van der Waals surface area contributed by atoms with Crippen molar-refractivity contribution < 1.29 is 4.74 Å². The Balaban J connectivity index is 1.30. The number of piperidine rings is 1. The molecule has 37 heavy (non-hydrogen) atoms. The number of ether oxygens (including phenoxy) is 1. The van der Waals surface area contributed by atoms with Gasteiger partial charge in [-0.05, 0) is 44.2 Å². The van der Waals surface area contributed by atoms with Gasteiger partial charge in [0, 0.05) is 56.7 Å². The summed E-state index contributed by atoms with van der Waals surface area (Å²) in [5, 5.41) is 0. The predicted octanol–water partition coefficient (Wildman–Crippen LogP) is 3.23. The molecule has 2 atom stereocenters. The average molecular weight is 502 g/mol. The monoisotopic (exact) mass is 501 g/mol. The van der Waals surface area contributed by atoms with Crippen LogP contribution in [0.25, 0.3) is 11.4 Å². The van der Waals surface area contributed by atoms with Crippen molar-refractivity contribution in [3.05, 3.63) is 64.8 Å². The van der Waals surface area contributed by atoms with E-state index in [2.05, 4.69) is 48.9 Å². The van der Waals surface area contributed by atoms with Gasteiger partial charge in [0.2, 0.25) is 5.95 Å². The molecule has 0 N–H and O–H groups in total. The highest BCUT2D eigenvalue weighted by molar-refractivity contribution is 5.57. The lowest BCUT2D eigenvalue weighted by Crippen LogP contribution is -2.50. The molecule has 3 saturated heterocycles. The van der Waals surface area contributed by atoms with E-state index in [1.165, 1.54) is 68.8 Å². The molecule has 3 aliphatic rings. The van der Waals surface area contributed by atoms with Crippen LogP contribution in [0.3, 0.4) is 0 Å². The lowest BCUT2D eigenvalue weighted by atomic mass is 10.00. The van der Waals surface area contributed by atoms with E-state index in [0.717, 1.165) is 6.54 Å². The zero-order valence-corrected chi connectivity index (χ0v) is 21.5. The highest BCUT2D eigenvalue weighted by atomic mass is 16.5. The van der Waals surface area contributed by atoms with Crippen molar-refractivity contribution in [2.75, 3.05) is 49.1 Å². The van der Waals surface area contributed by atoms with E-state index in [4.69, 9.17) is 9.72 Å². The molecule has 2 unspecified atom stereocenters. The van der Waals surface area contributed by atoms with Crippen LogP contribution in [-0.2, 0) is 11.8 Å². The average Bonchev–Trinajstić information content (AvgIpc) is 3.50. The highest BCUT2D eigenvalue weighted by Crippen LogP contribution is 2.36. The molecule has 0 saturated carbocycles. The molecule has 2 aromatic heterocycles. The first kappa shape index (κ1) is 24.1. The zero-order chi connectivity index (χ0) is 25.2. The third-order valence-corrected chi connectivity index (χ3v) is 7.93. The van der Waals surface area contributed by atoms with Gasteiger partial charge < -0.3 is 14.5 Å². The van der Waals surface area contributed by atoms with E-state index < -0.39 is 0 Å². The van der Waals surface area contributed by atoms with E-state index in [0.29, 0.717) is 43.2 Å². The molecule has 3 fully saturated rings. The predicted molar refractivity (Wildman–Crippen MR) is 144 cm³/mol. The van der Waals surface area contributed by atoms with Crippen molar-refractivity contribution in [2.24, 2.45) is 7.05 Å². The van der Waals surface area contributed by atoms with Gasteiger partial charge in [-0.15, -0.1) is 0 Å². The first-order chi connectivity index (χ1) is 18.2. The zero-order valence-electron chi connectivity index (χ0n) is 21.5. The topological polar surface area (TPSA) is 79.6 Å². The lowest BCUT2D eigenvalue weighted by Gasteiger charge is -2.44. The van der Waals surface area contributed by atoms with Gasteiger partial charge in [-0.25, -0.2) is 15.0 Å². The Bertz CT molecular complexity index is 1280. The summed E-state index contributed by atoms with van der Waals surface area (Å²) in [4.78, 5) is 33.5. The first-order valence-electron chi connectivity index (χ1n) is 13.5. The number of nitrogens with zero attached hydrogens (tertiary/aromatic N) is 7. The van der Waals surface area contributed by atoms with Crippen molar-refractivity contribution >= 4 is 11.6 Å².